The van der Waals surface area contributed by atoms with Gasteiger partial charge in [0, 0.05) is 30.4 Å². The minimum Gasteiger partial charge on any atom is -0.469 e. The summed E-state index contributed by atoms with van der Waals surface area (Å²) in [6.07, 6.45) is 5.58. The molecule has 0 saturated carbocycles. The SMILES string of the molecule is COC(=O)CC1C(=O)N(C2CCN(C3(C)CCCc4ccccc43)CC2)c2ccccc21. The molecular weight excluding hydrogens is 400 g/mol. The number of piperidine rings is 1. The standard InChI is InChI=1S/C27H32N2O3/c1-27(15-7-9-19-8-3-5-11-23(19)27)28-16-13-20(14-17-28)29-24-12-6-4-10-21(24)22(26(29)31)18-25(30)32-2/h3-6,8,10-12,20,22H,7,9,13-18H2,1-2H3. The van der Waals surface area contributed by atoms with Crippen molar-refractivity contribution < 1.29 is 14.3 Å². The maximum absolute atomic E-state index is 13.4. The molecule has 2 unspecified atom stereocenters. The number of fused-ring (bicyclic) bond motifs is 2. The van der Waals surface area contributed by atoms with E-state index in [0.717, 1.165) is 37.2 Å². The zero-order chi connectivity index (χ0) is 22.3. The molecule has 5 rings (SSSR count). The van der Waals surface area contributed by atoms with E-state index in [1.54, 1.807) is 0 Å². The summed E-state index contributed by atoms with van der Waals surface area (Å²) in [7, 11) is 1.38. The molecule has 2 aliphatic heterocycles. The monoisotopic (exact) mass is 432 g/mol. The van der Waals surface area contributed by atoms with Crippen LogP contribution in [0.1, 0.15) is 61.6 Å². The van der Waals surface area contributed by atoms with Crippen molar-refractivity contribution in [1.82, 2.24) is 4.90 Å². The topological polar surface area (TPSA) is 49.9 Å². The van der Waals surface area contributed by atoms with Gasteiger partial charge in [-0.25, -0.2) is 0 Å². The fourth-order valence-corrected chi connectivity index (χ4v) is 6.21. The van der Waals surface area contributed by atoms with Crippen LogP contribution >= 0.6 is 0 Å². The van der Waals surface area contributed by atoms with E-state index in [4.69, 9.17) is 4.74 Å². The van der Waals surface area contributed by atoms with Gasteiger partial charge < -0.3 is 9.64 Å². The number of benzene rings is 2. The predicted molar refractivity (Wildman–Crippen MR) is 125 cm³/mol. The fourth-order valence-electron chi connectivity index (χ4n) is 6.21. The van der Waals surface area contributed by atoms with Crippen molar-refractivity contribution in [3.05, 3.63) is 65.2 Å². The van der Waals surface area contributed by atoms with Gasteiger partial charge in [-0.2, -0.15) is 0 Å². The number of carbonyl (C=O) groups is 2. The number of ether oxygens (including phenoxy) is 1. The van der Waals surface area contributed by atoms with Gasteiger partial charge in [-0.1, -0.05) is 42.5 Å². The number of hydrogen-bond acceptors (Lipinski definition) is 4. The molecule has 2 heterocycles. The lowest BCUT2D eigenvalue weighted by atomic mass is 9.75. The molecule has 0 N–H and O–H groups in total. The first-order valence-corrected chi connectivity index (χ1v) is 11.8. The van der Waals surface area contributed by atoms with Gasteiger partial charge in [0.25, 0.3) is 0 Å². The van der Waals surface area contributed by atoms with Crippen molar-refractivity contribution in [1.29, 1.82) is 0 Å². The van der Waals surface area contributed by atoms with Crippen LogP contribution in [0.15, 0.2) is 48.5 Å². The minimum atomic E-state index is -0.431. The lowest BCUT2D eigenvalue weighted by molar-refractivity contribution is -0.142. The Morgan fingerprint density at radius 2 is 1.81 bits per heavy atom. The second-order valence-corrected chi connectivity index (χ2v) is 9.60. The van der Waals surface area contributed by atoms with Crippen LogP contribution in [0.5, 0.6) is 0 Å². The maximum Gasteiger partial charge on any atom is 0.306 e. The van der Waals surface area contributed by atoms with E-state index in [0.29, 0.717) is 0 Å². The van der Waals surface area contributed by atoms with E-state index < -0.39 is 5.92 Å². The van der Waals surface area contributed by atoms with Gasteiger partial charge >= 0.3 is 5.97 Å². The summed E-state index contributed by atoms with van der Waals surface area (Å²) in [6.45, 7) is 4.35. The molecule has 3 aliphatic rings. The van der Waals surface area contributed by atoms with Crippen molar-refractivity contribution in [2.75, 3.05) is 25.1 Å². The average Bonchev–Trinajstić information content (AvgIpc) is 3.10. The van der Waals surface area contributed by atoms with Crippen LogP contribution in [0.2, 0.25) is 0 Å². The zero-order valence-electron chi connectivity index (χ0n) is 19.0. The third-order valence-electron chi connectivity index (χ3n) is 7.94. The van der Waals surface area contributed by atoms with Crippen molar-refractivity contribution in [3.8, 4) is 0 Å². The smallest absolute Gasteiger partial charge is 0.306 e. The number of para-hydroxylation sites is 1. The number of nitrogens with zero attached hydrogens (tertiary/aromatic N) is 2. The lowest BCUT2D eigenvalue weighted by Gasteiger charge is -2.49. The Kier molecular flexibility index (Phi) is 5.54. The van der Waals surface area contributed by atoms with Gasteiger partial charge in [0.2, 0.25) is 5.91 Å². The van der Waals surface area contributed by atoms with Crippen LogP contribution in [0.4, 0.5) is 5.69 Å². The Bertz CT molecular complexity index is 1030. The first-order valence-electron chi connectivity index (χ1n) is 11.8. The summed E-state index contributed by atoms with van der Waals surface area (Å²) in [6, 6.07) is 17.0. The number of anilines is 1. The second-order valence-electron chi connectivity index (χ2n) is 9.60. The number of esters is 1. The van der Waals surface area contributed by atoms with Crippen molar-refractivity contribution in [3.63, 3.8) is 0 Å². The molecule has 1 aliphatic carbocycles. The molecule has 1 saturated heterocycles. The Labute approximate surface area is 190 Å². The summed E-state index contributed by atoms with van der Waals surface area (Å²) in [5, 5.41) is 0. The van der Waals surface area contributed by atoms with Crippen LogP contribution in [0.3, 0.4) is 0 Å². The van der Waals surface area contributed by atoms with Gasteiger partial charge in [-0.15, -0.1) is 0 Å². The highest BCUT2D eigenvalue weighted by Crippen LogP contribution is 2.44. The molecule has 2 aromatic rings. The quantitative estimate of drug-likeness (QED) is 0.672. The predicted octanol–water partition coefficient (Wildman–Crippen LogP) is 4.40. The highest BCUT2D eigenvalue weighted by atomic mass is 16.5. The van der Waals surface area contributed by atoms with E-state index in [2.05, 4.69) is 36.1 Å². The first kappa shape index (κ1) is 21.2. The summed E-state index contributed by atoms with van der Waals surface area (Å²) in [4.78, 5) is 30.0. The fraction of sp³-hybridized carbons (Fsp3) is 0.481. The molecule has 5 nitrogen and oxygen atoms in total. The van der Waals surface area contributed by atoms with Gasteiger partial charge in [0.15, 0.2) is 0 Å². The van der Waals surface area contributed by atoms with E-state index in [1.807, 2.05) is 29.2 Å². The number of carbonyl (C=O) groups excluding carboxylic acids is 2. The van der Waals surface area contributed by atoms with E-state index in [9.17, 15) is 9.59 Å². The molecule has 0 bridgehead atoms. The van der Waals surface area contributed by atoms with E-state index >= 15 is 0 Å². The third-order valence-corrected chi connectivity index (χ3v) is 7.94. The summed E-state index contributed by atoms with van der Waals surface area (Å²) in [5.41, 5.74) is 4.96. The van der Waals surface area contributed by atoms with Crippen LogP contribution < -0.4 is 4.90 Å². The van der Waals surface area contributed by atoms with Crippen molar-refractivity contribution >= 4 is 17.6 Å². The number of methoxy groups -OCH3 is 1. The number of hydrogen-bond donors (Lipinski definition) is 0. The van der Waals surface area contributed by atoms with Gasteiger partial charge in [0.1, 0.15) is 0 Å². The molecule has 32 heavy (non-hydrogen) atoms. The Morgan fingerprint density at radius 1 is 1.09 bits per heavy atom. The molecule has 2 aromatic carbocycles. The molecular formula is C27H32N2O3. The second kappa shape index (κ2) is 8.36. The van der Waals surface area contributed by atoms with E-state index in [1.165, 1.54) is 37.5 Å². The molecule has 0 aromatic heterocycles. The number of rotatable bonds is 4. The Hall–Kier alpha value is -2.66. The lowest BCUT2D eigenvalue weighted by Crippen LogP contribution is -2.53. The van der Waals surface area contributed by atoms with Crippen LogP contribution in [-0.4, -0.2) is 43.0 Å². The highest BCUT2D eigenvalue weighted by Gasteiger charge is 2.44. The summed E-state index contributed by atoms with van der Waals surface area (Å²) < 4.78 is 4.86. The summed E-state index contributed by atoms with van der Waals surface area (Å²) >= 11 is 0. The van der Waals surface area contributed by atoms with E-state index in [-0.39, 0.29) is 29.9 Å². The van der Waals surface area contributed by atoms with Gasteiger partial charge in [0.05, 0.1) is 19.4 Å². The zero-order valence-corrected chi connectivity index (χ0v) is 19.0. The number of amides is 1. The number of likely N-dealkylation sites (tertiary alicyclic amines) is 1. The average molecular weight is 433 g/mol. The largest absolute Gasteiger partial charge is 0.469 e. The highest BCUT2D eigenvalue weighted by molar-refractivity contribution is 6.06. The number of aryl methyl sites for hydroxylation is 1. The Balaban J connectivity index is 1.35. The molecule has 1 amide bonds. The maximum atomic E-state index is 13.4. The normalized spacial score (nSPS) is 26.0. The molecule has 0 radical (unpaired) electrons. The Morgan fingerprint density at radius 3 is 2.59 bits per heavy atom. The van der Waals surface area contributed by atoms with Crippen LogP contribution in [0, 0.1) is 0 Å². The molecule has 0 spiro atoms. The van der Waals surface area contributed by atoms with Crippen LogP contribution in [-0.2, 0) is 26.3 Å². The van der Waals surface area contributed by atoms with Gasteiger partial charge in [-0.05, 0) is 61.8 Å². The minimum absolute atomic E-state index is 0.0456. The van der Waals surface area contributed by atoms with Gasteiger partial charge in [-0.3, -0.25) is 14.5 Å². The molecule has 2 atom stereocenters. The third kappa shape index (κ3) is 3.43. The van der Waals surface area contributed by atoms with Crippen molar-refractivity contribution in [2.45, 2.75) is 62.9 Å². The molecule has 5 heteroatoms. The van der Waals surface area contributed by atoms with Crippen molar-refractivity contribution in [2.24, 2.45) is 0 Å². The summed E-state index contributed by atoms with van der Waals surface area (Å²) in [5.74, 6) is -0.720. The first-order chi connectivity index (χ1) is 15.5. The molecule has 1 fully saturated rings. The molecule has 168 valence electrons. The van der Waals surface area contributed by atoms with Crippen LogP contribution in [0.25, 0.3) is 0 Å².